The maximum Gasteiger partial charge on any atom is 0.207 e. The standard InChI is InChI=1S/C8H11N5S/c1-2-3-10-8-12-7-6(14-13-8)4-9-5-11-7/h4-5H,2-3H2,1H3,(H2,9,10,11,12,13). The third kappa shape index (κ3) is 1.95. The molecule has 1 aromatic heterocycles. The third-order valence-corrected chi connectivity index (χ3v) is 2.48. The zero-order valence-electron chi connectivity index (χ0n) is 7.82. The molecule has 1 aliphatic rings. The van der Waals surface area contributed by atoms with Crippen LogP contribution in [0.5, 0.6) is 0 Å². The van der Waals surface area contributed by atoms with Crippen molar-refractivity contribution in [1.29, 1.82) is 0 Å². The molecule has 74 valence electrons. The Morgan fingerprint density at radius 2 is 2.50 bits per heavy atom. The Balaban J connectivity index is 2.13. The predicted molar refractivity (Wildman–Crippen MR) is 57.2 cm³/mol. The van der Waals surface area contributed by atoms with Gasteiger partial charge in [0.15, 0.2) is 5.82 Å². The quantitative estimate of drug-likeness (QED) is 0.718. The maximum absolute atomic E-state index is 4.31. The van der Waals surface area contributed by atoms with E-state index in [0.29, 0.717) is 0 Å². The van der Waals surface area contributed by atoms with Crippen LogP contribution < -0.4 is 10.0 Å². The molecule has 0 aromatic carbocycles. The Labute approximate surface area is 86.6 Å². The zero-order valence-corrected chi connectivity index (χ0v) is 8.64. The number of nitrogens with zero attached hydrogens (tertiary/aromatic N) is 3. The van der Waals surface area contributed by atoms with Crippen molar-refractivity contribution in [1.82, 2.24) is 14.7 Å². The van der Waals surface area contributed by atoms with Gasteiger partial charge in [-0.15, -0.1) is 0 Å². The van der Waals surface area contributed by atoms with Gasteiger partial charge in [-0.1, -0.05) is 6.92 Å². The third-order valence-electron chi connectivity index (χ3n) is 1.67. The summed E-state index contributed by atoms with van der Waals surface area (Å²) in [7, 11) is 0. The van der Waals surface area contributed by atoms with Gasteiger partial charge in [0.25, 0.3) is 0 Å². The predicted octanol–water partition coefficient (Wildman–Crippen LogP) is 1.26. The SMILES string of the molecule is CCCN=C1NSc2cncnc2N1. The first-order chi connectivity index (χ1) is 6.90. The summed E-state index contributed by atoms with van der Waals surface area (Å²) in [6.45, 7) is 2.91. The molecule has 1 aliphatic heterocycles. The number of guanidine groups is 1. The van der Waals surface area contributed by atoms with Crippen LogP contribution in [0.25, 0.3) is 0 Å². The van der Waals surface area contributed by atoms with Crippen LogP contribution in [0.3, 0.4) is 0 Å². The molecule has 0 spiro atoms. The second kappa shape index (κ2) is 4.28. The van der Waals surface area contributed by atoms with Gasteiger partial charge in [0.05, 0.1) is 4.90 Å². The second-order valence-electron chi connectivity index (χ2n) is 2.80. The van der Waals surface area contributed by atoms with Crippen LogP contribution in [0.2, 0.25) is 0 Å². The number of fused-ring (bicyclic) bond motifs is 1. The Morgan fingerprint density at radius 3 is 3.36 bits per heavy atom. The van der Waals surface area contributed by atoms with Crippen molar-refractivity contribution in [3.05, 3.63) is 12.5 Å². The molecule has 0 bridgehead atoms. The Morgan fingerprint density at radius 1 is 1.57 bits per heavy atom. The lowest BCUT2D eigenvalue weighted by Gasteiger charge is -2.18. The lowest BCUT2D eigenvalue weighted by molar-refractivity contribution is 0.925. The minimum Gasteiger partial charge on any atom is -0.309 e. The highest BCUT2D eigenvalue weighted by Gasteiger charge is 2.13. The molecule has 0 atom stereocenters. The number of anilines is 1. The monoisotopic (exact) mass is 209 g/mol. The number of aliphatic imine (C=N–C) groups is 1. The van der Waals surface area contributed by atoms with Crippen molar-refractivity contribution in [2.45, 2.75) is 18.2 Å². The number of aromatic nitrogens is 2. The number of hydrogen-bond acceptors (Lipinski definition) is 4. The summed E-state index contributed by atoms with van der Waals surface area (Å²) in [5, 5.41) is 3.10. The highest BCUT2D eigenvalue weighted by molar-refractivity contribution is 7.98. The van der Waals surface area contributed by atoms with E-state index in [4.69, 9.17) is 0 Å². The van der Waals surface area contributed by atoms with Crippen molar-refractivity contribution in [2.24, 2.45) is 4.99 Å². The second-order valence-corrected chi connectivity index (χ2v) is 3.64. The summed E-state index contributed by atoms with van der Waals surface area (Å²) in [5.74, 6) is 1.58. The van der Waals surface area contributed by atoms with Gasteiger partial charge in [-0.05, 0) is 18.4 Å². The maximum atomic E-state index is 4.31. The van der Waals surface area contributed by atoms with Crippen LogP contribution in [-0.2, 0) is 0 Å². The molecule has 0 amide bonds. The zero-order chi connectivity index (χ0) is 9.80. The van der Waals surface area contributed by atoms with Crippen LogP contribution in [0.1, 0.15) is 13.3 Å². The average molecular weight is 209 g/mol. The van der Waals surface area contributed by atoms with Crippen molar-refractivity contribution in [3.63, 3.8) is 0 Å². The lowest BCUT2D eigenvalue weighted by atomic mass is 10.5. The van der Waals surface area contributed by atoms with Crippen molar-refractivity contribution >= 4 is 23.7 Å². The van der Waals surface area contributed by atoms with Gasteiger partial charge in [0, 0.05) is 12.7 Å². The van der Waals surface area contributed by atoms with Crippen molar-refractivity contribution < 1.29 is 0 Å². The lowest BCUT2D eigenvalue weighted by Crippen LogP contribution is -2.30. The average Bonchev–Trinajstić information content (AvgIpc) is 2.26. The van der Waals surface area contributed by atoms with Crippen molar-refractivity contribution in [2.75, 3.05) is 11.9 Å². The summed E-state index contributed by atoms with van der Waals surface area (Å²) in [4.78, 5) is 13.3. The summed E-state index contributed by atoms with van der Waals surface area (Å²) in [6.07, 6.45) is 4.33. The van der Waals surface area contributed by atoms with Gasteiger partial charge in [0.1, 0.15) is 6.33 Å². The molecule has 0 radical (unpaired) electrons. The number of hydrogen-bond donors (Lipinski definition) is 2. The minimum absolute atomic E-state index is 0.767. The van der Waals surface area contributed by atoms with Gasteiger partial charge in [-0.25, -0.2) is 9.97 Å². The Kier molecular flexibility index (Phi) is 2.83. The van der Waals surface area contributed by atoms with E-state index in [2.05, 4.69) is 31.9 Å². The molecule has 14 heavy (non-hydrogen) atoms. The van der Waals surface area contributed by atoms with E-state index in [1.807, 2.05) is 0 Å². The molecule has 0 fully saturated rings. The molecule has 2 N–H and O–H groups in total. The molecule has 5 nitrogen and oxygen atoms in total. The first-order valence-electron chi connectivity index (χ1n) is 4.44. The molecule has 0 saturated heterocycles. The summed E-state index contributed by atoms with van der Waals surface area (Å²) in [6, 6.07) is 0. The summed E-state index contributed by atoms with van der Waals surface area (Å²) < 4.78 is 3.09. The van der Waals surface area contributed by atoms with E-state index in [-0.39, 0.29) is 0 Å². The number of nitrogens with one attached hydrogen (secondary N) is 2. The van der Waals surface area contributed by atoms with Crippen LogP contribution in [-0.4, -0.2) is 22.5 Å². The molecule has 0 saturated carbocycles. The van der Waals surface area contributed by atoms with E-state index in [1.165, 1.54) is 18.3 Å². The van der Waals surface area contributed by atoms with E-state index in [1.54, 1.807) is 6.20 Å². The van der Waals surface area contributed by atoms with Gasteiger partial charge in [0.2, 0.25) is 5.96 Å². The first kappa shape index (κ1) is 9.26. The van der Waals surface area contributed by atoms with E-state index < -0.39 is 0 Å². The fraction of sp³-hybridized carbons (Fsp3) is 0.375. The van der Waals surface area contributed by atoms with Gasteiger partial charge in [-0.2, -0.15) is 0 Å². The smallest absolute Gasteiger partial charge is 0.207 e. The summed E-state index contributed by atoms with van der Waals surface area (Å²) >= 11 is 1.48. The summed E-state index contributed by atoms with van der Waals surface area (Å²) in [5.41, 5.74) is 0. The fourth-order valence-corrected chi connectivity index (χ4v) is 1.66. The van der Waals surface area contributed by atoms with Gasteiger partial charge < -0.3 is 5.32 Å². The van der Waals surface area contributed by atoms with Crippen LogP contribution >= 0.6 is 11.9 Å². The molecular formula is C8H11N5S. The van der Waals surface area contributed by atoms with E-state index in [9.17, 15) is 0 Å². The Hall–Kier alpha value is -1.30. The highest BCUT2D eigenvalue weighted by atomic mass is 32.2. The fourth-order valence-electron chi connectivity index (χ4n) is 1.02. The highest BCUT2D eigenvalue weighted by Crippen LogP contribution is 2.24. The molecule has 2 rings (SSSR count). The van der Waals surface area contributed by atoms with Crippen LogP contribution in [0, 0.1) is 0 Å². The molecule has 6 heteroatoms. The van der Waals surface area contributed by atoms with E-state index in [0.717, 1.165) is 29.6 Å². The minimum atomic E-state index is 0.767. The first-order valence-corrected chi connectivity index (χ1v) is 5.26. The van der Waals surface area contributed by atoms with Gasteiger partial charge >= 0.3 is 0 Å². The Bertz CT molecular complexity index is 351. The van der Waals surface area contributed by atoms with Crippen LogP contribution in [0.15, 0.2) is 22.4 Å². The molecular weight excluding hydrogens is 198 g/mol. The van der Waals surface area contributed by atoms with Crippen LogP contribution in [0.4, 0.5) is 5.82 Å². The van der Waals surface area contributed by atoms with Crippen molar-refractivity contribution in [3.8, 4) is 0 Å². The number of rotatable bonds is 2. The molecule has 0 unspecified atom stereocenters. The topological polar surface area (TPSA) is 62.2 Å². The molecule has 0 aliphatic carbocycles. The molecule has 1 aromatic rings. The normalized spacial score (nSPS) is 17.1. The van der Waals surface area contributed by atoms with E-state index >= 15 is 0 Å². The molecule has 2 heterocycles. The largest absolute Gasteiger partial charge is 0.309 e. The van der Waals surface area contributed by atoms with Gasteiger partial charge in [-0.3, -0.25) is 9.71 Å².